The molecule has 1 aliphatic carbocycles. The van der Waals surface area contributed by atoms with Crippen molar-refractivity contribution < 1.29 is 0 Å². The van der Waals surface area contributed by atoms with Gasteiger partial charge in [0.25, 0.3) is 0 Å². The van der Waals surface area contributed by atoms with Crippen LogP contribution in [0.4, 0.5) is 5.82 Å². The van der Waals surface area contributed by atoms with E-state index in [-0.39, 0.29) is 0 Å². The molecule has 2 unspecified atom stereocenters. The smallest absolute Gasteiger partial charge is 0.134 e. The minimum Gasteiger partial charge on any atom is -0.383 e. The third kappa shape index (κ3) is 1.85. The van der Waals surface area contributed by atoms with Gasteiger partial charge in [0.1, 0.15) is 5.82 Å². The largest absolute Gasteiger partial charge is 0.383 e. The van der Waals surface area contributed by atoms with Gasteiger partial charge in [-0.2, -0.15) is 0 Å². The lowest BCUT2D eigenvalue weighted by atomic mass is 10.0. The second-order valence-corrected chi connectivity index (χ2v) is 4.78. The molecule has 1 aromatic heterocycles. The van der Waals surface area contributed by atoms with Gasteiger partial charge in [-0.25, -0.2) is 4.98 Å². The van der Waals surface area contributed by atoms with Crippen molar-refractivity contribution in [2.75, 3.05) is 5.73 Å². The summed E-state index contributed by atoms with van der Waals surface area (Å²) in [5, 5.41) is 3.21. The molecule has 2 nitrogen and oxygen atoms in total. The summed E-state index contributed by atoms with van der Waals surface area (Å²) in [6, 6.07) is 0. The fourth-order valence-corrected chi connectivity index (χ4v) is 3.02. The predicted molar refractivity (Wildman–Crippen MR) is 56.9 cm³/mol. The lowest BCUT2D eigenvalue weighted by Gasteiger charge is -2.05. The van der Waals surface area contributed by atoms with Crippen molar-refractivity contribution in [2.45, 2.75) is 38.5 Å². The van der Waals surface area contributed by atoms with Gasteiger partial charge in [-0.1, -0.05) is 13.3 Å². The molecule has 2 rings (SSSR count). The highest BCUT2D eigenvalue weighted by atomic mass is 32.1. The molecular weight excluding hydrogens is 180 g/mol. The van der Waals surface area contributed by atoms with Gasteiger partial charge in [-0.05, 0) is 25.2 Å². The molecule has 3 heteroatoms. The van der Waals surface area contributed by atoms with E-state index in [1.807, 2.05) is 5.38 Å². The van der Waals surface area contributed by atoms with Gasteiger partial charge in [0.15, 0.2) is 0 Å². The summed E-state index contributed by atoms with van der Waals surface area (Å²) in [6.07, 6.45) is 5.33. The summed E-state index contributed by atoms with van der Waals surface area (Å²) in [7, 11) is 0. The maximum atomic E-state index is 5.61. The Labute approximate surface area is 83.2 Å². The monoisotopic (exact) mass is 196 g/mol. The van der Waals surface area contributed by atoms with Gasteiger partial charge in [-0.3, -0.25) is 0 Å². The van der Waals surface area contributed by atoms with Crippen LogP contribution in [-0.2, 0) is 0 Å². The summed E-state index contributed by atoms with van der Waals surface area (Å²) in [5.74, 6) is 2.32. The van der Waals surface area contributed by atoms with Gasteiger partial charge in [0.05, 0.1) is 5.01 Å². The van der Waals surface area contributed by atoms with Crippen LogP contribution in [-0.4, -0.2) is 4.98 Å². The average Bonchev–Trinajstić information content (AvgIpc) is 2.71. The van der Waals surface area contributed by atoms with Crippen LogP contribution in [0.2, 0.25) is 0 Å². The zero-order valence-corrected chi connectivity index (χ0v) is 8.81. The normalized spacial score (nSPS) is 28.1. The molecule has 0 aromatic carbocycles. The van der Waals surface area contributed by atoms with Gasteiger partial charge >= 0.3 is 0 Å². The number of aromatic nitrogens is 1. The van der Waals surface area contributed by atoms with Crippen molar-refractivity contribution in [3.05, 3.63) is 10.4 Å². The first-order chi connectivity index (χ1) is 6.29. The highest BCUT2D eigenvalue weighted by Crippen LogP contribution is 2.40. The number of hydrogen-bond acceptors (Lipinski definition) is 3. The van der Waals surface area contributed by atoms with E-state index < -0.39 is 0 Å². The summed E-state index contributed by atoms with van der Waals surface area (Å²) in [5.41, 5.74) is 5.61. The molecule has 13 heavy (non-hydrogen) atoms. The molecule has 0 amide bonds. The van der Waals surface area contributed by atoms with E-state index in [1.165, 1.54) is 30.7 Å². The average molecular weight is 196 g/mol. The number of thiazole rings is 1. The molecule has 0 saturated heterocycles. The predicted octanol–water partition coefficient (Wildman–Crippen LogP) is 3.02. The van der Waals surface area contributed by atoms with Gasteiger partial charge in [0.2, 0.25) is 0 Å². The first-order valence-corrected chi connectivity index (χ1v) is 5.88. The number of nitrogen functional groups attached to an aromatic ring is 1. The van der Waals surface area contributed by atoms with Gasteiger partial charge in [0, 0.05) is 11.3 Å². The van der Waals surface area contributed by atoms with Crippen LogP contribution < -0.4 is 5.73 Å². The zero-order valence-electron chi connectivity index (χ0n) is 7.99. The summed E-state index contributed by atoms with van der Waals surface area (Å²) in [4.78, 5) is 4.36. The molecule has 2 N–H and O–H groups in total. The molecular formula is C10H16N2S. The van der Waals surface area contributed by atoms with Crippen LogP contribution >= 0.6 is 11.3 Å². The molecule has 1 aromatic rings. The summed E-state index contributed by atoms with van der Waals surface area (Å²) < 4.78 is 0. The molecule has 1 fully saturated rings. The molecule has 0 bridgehead atoms. The summed E-state index contributed by atoms with van der Waals surface area (Å²) in [6.45, 7) is 2.28. The Bertz CT molecular complexity index is 282. The Kier molecular flexibility index (Phi) is 2.54. The SMILES string of the molecule is CCC1CCC(c2nc(N)cs2)C1. The van der Waals surface area contributed by atoms with E-state index >= 15 is 0 Å². The number of nitrogens with two attached hydrogens (primary N) is 1. The molecule has 0 radical (unpaired) electrons. The van der Waals surface area contributed by atoms with Crippen LogP contribution in [0.15, 0.2) is 5.38 Å². The Balaban J connectivity index is 2.03. The number of hydrogen-bond donors (Lipinski definition) is 1. The molecule has 1 aliphatic rings. The van der Waals surface area contributed by atoms with E-state index in [2.05, 4.69) is 11.9 Å². The van der Waals surface area contributed by atoms with Crippen molar-refractivity contribution in [1.82, 2.24) is 4.98 Å². The fourth-order valence-electron chi connectivity index (χ4n) is 2.16. The highest BCUT2D eigenvalue weighted by molar-refractivity contribution is 7.10. The second-order valence-electron chi connectivity index (χ2n) is 3.89. The van der Waals surface area contributed by atoms with Crippen molar-refractivity contribution in [1.29, 1.82) is 0 Å². The maximum Gasteiger partial charge on any atom is 0.134 e. The van der Waals surface area contributed by atoms with E-state index in [1.54, 1.807) is 11.3 Å². The second kappa shape index (κ2) is 3.66. The van der Waals surface area contributed by atoms with Crippen molar-refractivity contribution in [3.8, 4) is 0 Å². The molecule has 0 spiro atoms. The quantitative estimate of drug-likeness (QED) is 0.789. The molecule has 1 heterocycles. The first-order valence-electron chi connectivity index (χ1n) is 5.00. The minimum atomic E-state index is 0.694. The fraction of sp³-hybridized carbons (Fsp3) is 0.700. The number of nitrogens with zero attached hydrogens (tertiary/aromatic N) is 1. The lowest BCUT2D eigenvalue weighted by Crippen LogP contribution is -1.95. The third-order valence-corrected chi connectivity index (χ3v) is 4.03. The van der Waals surface area contributed by atoms with Crippen LogP contribution in [0.5, 0.6) is 0 Å². The molecule has 0 aliphatic heterocycles. The third-order valence-electron chi connectivity index (χ3n) is 3.01. The Morgan fingerprint density at radius 3 is 3.00 bits per heavy atom. The van der Waals surface area contributed by atoms with Crippen molar-refractivity contribution >= 4 is 17.2 Å². The van der Waals surface area contributed by atoms with Crippen molar-refractivity contribution in [2.24, 2.45) is 5.92 Å². The maximum absolute atomic E-state index is 5.61. The van der Waals surface area contributed by atoms with E-state index in [0.29, 0.717) is 11.7 Å². The van der Waals surface area contributed by atoms with E-state index in [0.717, 1.165) is 5.92 Å². The Morgan fingerprint density at radius 1 is 1.62 bits per heavy atom. The van der Waals surface area contributed by atoms with Gasteiger partial charge < -0.3 is 5.73 Å². The summed E-state index contributed by atoms with van der Waals surface area (Å²) >= 11 is 1.72. The lowest BCUT2D eigenvalue weighted by molar-refractivity contribution is 0.521. The van der Waals surface area contributed by atoms with Crippen LogP contribution in [0, 0.1) is 5.92 Å². The number of anilines is 1. The standard InChI is InChI=1S/C10H16N2S/c1-2-7-3-4-8(5-7)10-12-9(11)6-13-10/h6-8H,2-5,11H2,1H3. The number of rotatable bonds is 2. The molecule has 72 valence electrons. The van der Waals surface area contributed by atoms with Crippen LogP contribution in [0.25, 0.3) is 0 Å². The molecule has 2 atom stereocenters. The minimum absolute atomic E-state index is 0.694. The topological polar surface area (TPSA) is 38.9 Å². The van der Waals surface area contributed by atoms with Crippen LogP contribution in [0.3, 0.4) is 0 Å². The van der Waals surface area contributed by atoms with Crippen molar-refractivity contribution in [3.63, 3.8) is 0 Å². The zero-order chi connectivity index (χ0) is 9.26. The Morgan fingerprint density at radius 2 is 2.46 bits per heavy atom. The van der Waals surface area contributed by atoms with Gasteiger partial charge in [-0.15, -0.1) is 11.3 Å². The van der Waals surface area contributed by atoms with Crippen LogP contribution in [0.1, 0.15) is 43.5 Å². The highest BCUT2D eigenvalue weighted by Gasteiger charge is 2.26. The first kappa shape index (κ1) is 9.00. The Hall–Kier alpha value is -0.570. The van der Waals surface area contributed by atoms with E-state index in [4.69, 9.17) is 5.73 Å². The van der Waals surface area contributed by atoms with E-state index in [9.17, 15) is 0 Å². The molecule has 1 saturated carbocycles.